The molecule has 1 aliphatic heterocycles. The Bertz CT molecular complexity index is 460. The number of carbonyl (C=O) groups is 1. The molecule has 5 heteroatoms. The molecule has 0 aromatic carbocycles. The standard InChI is InChI=1S/C16H23N3O2/c20-16(6-5-13-3-1-2-4-13)19-10-8-14(11-19)21-15-7-9-17-12-18-15/h7,9,12-14H,1-6,8,10-11H2/t14-/m0/s1. The molecule has 0 radical (unpaired) electrons. The lowest BCUT2D eigenvalue weighted by Crippen LogP contribution is -2.31. The molecule has 2 heterocycles. The molecule has 0 bridgehead atoms. The number of hydrogen-bond donors (Lipinski definition) is 0. The molecule has 21 heavy (non-hydrogen) atoms. The third-order valence-electron chi connectivity index (χ3n) is 4.58. The van der Waals surface area contributed by atoms with E-state index in [1.165, 1.54) is 32.0 Å². The zero-order chi connectivity index (χ0) is 14.5. The molecule has 1 aromatic rings. The minimum absolute atomic E-state index is 0.0651. The lowest BCUT2D eigenvalue weighted by molar-refractivity contribution is -0.130. The first-order chi connectivity index (χ1) is 10.3. The fourth-order valence-electron chi connectivity index (χ4n) is 3.35. The molecule has 1 aromatic heterocycles. The van der Waals surface area contributed by atoms with Crippen molar-refractivity contribution in [3.05, 3.63) is 18.6 Å². The Morgan fingerprint density at radius 1 is 1.33 bits per heavy atom. The molecule has 0 spiro atoms. The van der Waals surface area contributed by atoms with E-state index in [0.29, 0.717) is 18.8 Å². The molecule has 1 atom stereocenters. The molecule has 1 saturated heterocycles. The third kappa shape index (κ3) is 3.93. The van der Waals surface area contributed by atoms with Gasteiger partial charge in [-0.2, -0.15) is 0 Å². The molecule has 1 aliphatic carbocycles. The maximum atomic E-state index is 12.2. The van der Waals surface area contributed by atoms with Gasteiger partial charge in [-0.3, -0.25) is 4.79 Å². The van der Waals surface area contributed by atoms with Crippen molar-refractivity contribution < 1.29 is 9.53 Å². The van der Waals surface area contributed by atoms with Gasteiger partial charge in [0.15, 0.2) is 0 Å². The molecular weight excluding hydrogens is 266 g/mol. The van der Waals surface area contributed by atoms with Gasteiger partial charge in [0, 0.05) is 31.6 Å². The molecule has 0 unspecified atom stereocenters. The van der Waals surface area contributed by atoms with Crippen LogP contribution in [0.4, 0.5) is 0 Å². The summed E-state index contributed by atoms with van der Waals surface area (Å²) < 4.78 is 5.79. The largest absolute Gasteiger partial charge is 0.472 e. The SMILES string of the molecule is O=C(CCC1CCCC1)N1CC[C@H](Oc2ccncn2)C1. The average Bonchev–Trinajstić information content (AvgIpc) is 3.17. The monoisotopic (exact) mass is 289 g/mol. The van der Waals surface area contributed by atoms with E-state index in [1.54, 1.807) is 12.3 Å². The highest BCUT2D eigenvalue weighted by Crippen LogP contribution is 2.29. The van der Waals surface area contributed by atoms with Gasteiger partial charge in [0.05, 0.1) is 6.54 Å². The van der Waals surface area contributed by atoms with Crippen molar-refractivity contribution in [1.29, 1.82) is 0 Å². The Labute approximate surface area is 125 Å². The summed E-state index contributed by atoms with van der Waals surface area (Å²) >= 11 is 0. The minimum atomic E-state index is 0.0651. The van der Waals surface area contributed by atoms with Crippen molar-refractivity contribution in [2.75, 3.05) is 13.1 Å². The molecule has 1 amide bonds. The van der Waals surface area contributed by atoms with Crippen LogP contribution in [-0.4, -0.2) is 40.0 Å². The summed E-state index contributed by atoms with van der Waals surface area (Å²) in [6.07, 6.45) is 11.2. The van der Waals surface area contributed by atoms with Gasteiger partial charge in [0.1, 0.15) is 12.4 Å². The van der Waals surface area contributed by atoms with Crippen molar-refractivity contribution in [2.45, 2.75) is 51.0 Å². The molecule has 114 valence electrons. The summed E-state index contributed by atoms with van der Waals surface area (Å²) in [5.41, 5.74) is 0. The first-order valence-electron chi connectivity index (χ1n) is 8.02. The zero-order valence-electron chi connectivity index (χ0n) is 12.4. The van der Waals surface area contributed by atoms with Crippen LogP contribution in [0, 0.1) is 5.92 Å². The normalized spacial score (nSPS) is 22.7. The Hall–Kier alpha value is -1.65. The Morgan fingerprint density at radius 2 is 2.19 bits per heavy atom. The number of carbonyl (C=O) groups excluding carboxylic acids is 1. The summed E-state index contributed by atoms with van der Waals surface area (Å²) in [6, 6.07) is 1.75. The van der Waals surface area contributed by atoms with Crippen LogP contribution in [0.2, 0.25) is 0 Å². The second-order valence-electron chi connectivity index (χ2n) is 6.11. The van der Waals surface area contributed by atoms with Gasteiger partial charge in [0.2, 0.25) is 11.8 Å². The van der Waals surface area contributed by atoms with Crippen LogP contribution >= 0.6 is 0 Å². The third-order valence-corrected chi connectivity index (χ3v) is 4.58. The van der Waals surface area contributed by atoms with Gasteiger partial charge in [-0.1, -0.05) is 25.7 Å². The van der Waals surface area contributed by atoms with E-state index in [9.17, 15) is 4.79 Å². The fourth-order valence-corrected chi connectivity index (χ4v) is 3.35. The number of ether oxygens (including phenoxy) is 1. The number of amides is 1. The predicted octanol–water partition coefficient (Wildman–Crippen LogP) is 2.43. The number of nitrogens with zero attached hydrogens (tertiary/aromatic N) is 3. The Balaban J connectivity index is 1.42. The summed E-state index contributed by atoms with van der Waals surface area (Å²) in [4.78, 5) is 22.1. The van der Waals surface area contributed by atoms with Gasteiger partial charge in [-0.25, -0.2) is 9.97 Å². The van der Waals surface area contributed by atoms with Crippen LogP contribution in [0.5, 0.6) is 5.88 Å². The second kappa shape index (κ2) is 6.87. The second-order valence-corrected chi connectivity index (χ2v) is 6.11. The van der Waals surface area contributed by atoms with Crippen molar-refractivity contribution in [3.8, 4) is 5.88 Å². The highest BCUT2D eigenvalue weighted by atomic mass is 16.5. The van der Waals surface area contributed by atoms with Crippen molar-refractivity contribution >= 4 is 5.91 Å². The van der Waals surface area contributed by atoms with Crippen LogP contribution in [0.25, 0.3) is 0 Å². The van der Waals surface area contributed by atoms with Crippen LogP contribution in [0.1, 0.15) is 44.9 Å². The summed E-state index contributed by atoms with van der Waals surface area (Å²) in [5, 5.41) is 0. The summed E-state index contributed by atoms with van der Waals surface area (Å²) in [7, 11) is 0. The first kappa shape index (κ1) is 14.3. The predicted molar refractivity (Wildman–Crippen MR) is 78.8 cm³/mol. The maximum Gasteiger partial charge on any atom is 0.222 e. The lowest BCUT2D eigenvalue weighted by atomic mass is 10.0. The summed E-state index contributed by atoms with van der Waals surface area (Å²) in [6.45, 7) is 1.49. The molecule has 1 saturated carbocycles. The van der Waals surface area contributed by atoms with Gasteiger partial charge >= 0.3 is 0 Å². The Morgan fingerprint density at radius 3 is 2.95 bits per heavy atom. The van der Waals surface area contributed by atoms with E-state index in [0.717, 1.165) is 25.3 Å². The number of hydrogen-bond acceptors (Lipinski definition) is 4. The molecular formula is C16H23N3O2. The van der Waals surface area contributed by atoms with Gasteiger partial charge in [0.25, 0.3) is 0 Å². The average molecular weight is 289 g/mol. The number of rotatable bonds is 5. The smallest absolute Gasteiger partial charge is 0.222 e. The van der Waals surface area contributed by atoms with Crippen LogP contribution in [-0.2, 0) is 4.79 Å². The molecule has 5 nitrogen and oxygen atoms in total. The van der Waals surface area contributed by atoms with E-state index in [-0.39, 0.29) is 12.0 Å². The van der Waals surface area contributed by atoms with E-state index < -0.39 is 0 Å². The topological polar surface area (TPSA) is 55.3 Å². The van der Waals surface area contributed by atoms with Crippen LogP contribution in [0.15, 0.2) is 18.6 Å². The highest BCUT2D eigenvalue weighted by molar-refractivity contribution is 5.76. The van der Waals surface area contributed by atoms with E-state index >= 15 is 0 Å². The molecule has 0 N–H and O–H groups in total. The Kier molecular flexibility index (Phi) is 4.68. The minimum Gasteiger partial charge on any atom is -0.472 e. The van der Waals surface area contributed by atoms with Crippen LogP contribution in [0.3, 0.4) is 0 Å². The van der Waals surface area contributed by atoms with E-state index in [1.807, 2.05) is 4.90 Å². The van der Waals surface area contributed by atoms with E-state index in [2.05, 4.69) is 9.97 Å². The quantitative estimate of drug-likeness (QED) is 0.835. The van der Waals surface area contributed by atoms with E-state index in [4.69, 9.17) is 4.74 Å². The van der Waals surface area contributed by atoms with Gasteiger partial charge < -0.3 is 9.64 Å². The van der Waals surface area contributed by atoms with Gasteiger partial charge in [-0.05, 0) is 12.3 Å². The fraction of sp³-hybridized carbons (Fsp3) is 0.688. The lowest BCUT2D eigenvalue weighted by Gasteiger charge is -2.18. The highest BCUT2D eigenvalue weighted by Gasteiger charge is 2.28. The molecule has 2 fully saturated rings. The zero-order valence-corrected chi connectivity index (χ0v) is 12.4. The van der Waals surface area contributed by atoms with Crippen LogP contribution < -0.4 is 4.74 Å². The van der Waals surface area contributed by atoms with Crippen molar-refractivity contribution in [2.24, 2.45) is 5.92 Å². The number of likely N-dealkylation sites (tertiary alicyclic amines) is 1. The molecule has 3 rings (SSSR count). The summed E-state index contributed by atoms with van der Waals surface area (Å²) in [5.74, 6) is 1.66. The van der Waals surface area contributed by atoms with Crippen molar-refractivity contribution in [3.63, 3.8) is 0 Å². The van der Waals surface area contributed by atoms with Gasteiger partial charge in [-0.15, -0.1) is 0 Å². The van der Waals surface area contributed by atoms with Crippen molar-refractivity contribution in [1.82, 2.24) is 14.9 Å². The maximum absolute atomic E-state index is 12.2. The molecule has 2 aliphatic rings. The first-order valence-corrected chi connectivity index (χ1v) is 8.02. The number of aromatic nitrogens is 2.